The molecule has 0 aromatic heterocycles. The van der Waals surface area contributed by atoms with Gasteiger partial charge in [-0.1, -0.05) is 6.42 Å². The first-order valence-corrected chi connectivity index (χ1v) is 8.05. The molecule has 118 valence electrons. The van der Waals surface area contributed by atoms with Crippen LogP contribution in [0.25, 0.3) is 0 Å². The summed E-state index contributed by atoms with van der Waals surface area (Å²) in [7, 11) is 3.78. The molecule has 2 fully saturated rings. The number of methoxy groups -OCH3 is 1. The van der Waals surface area contributed by atoms with Gasteiger partial charge in [-0.3, -0.25) is 0 Å². The zero-order valence-electron chi connectivity index (χ0n) is 13.3. The molecular weight excluding hydrogens is 254 g/mol. The highest BCUT2D eigenvalue weighted by molar-refractivity contribution is 4.91. The highest BCUT2D eigenvalue weighted by atomic mass is 16.5. The first-order valence-electron chi connectivity index (χ1n) is 8.05. The van der Waals surface area contributed by atoms with Crippen molar-refractivity contribution in [2.45, 2.75) is 44.8 Å². The second-order valence-corrected chi connectivity index (χ2v) is 6.91. The Morgan fingerprint density at radius 2 is 2.05 bits per heavy atom. The molecule has 2 aliphatic rings. The summed E-state index contributed by atoms with van der Waals surface area (Å²) in [4.78, 5) is 2.28. The predicted octanol–water partition coefficient (Wildman–Crippen LogP) is 1.77. The van der Waals surface area contributed by atoms with Crippen LogP contribution in [0.4, 0.5) is 0 Å². The van der Waals surface area contributed by atoms with Crippen LogP contribution in [0.2, 0.25) is 0 Å². The Labute approximate surface area is 123 Å². The van der Waals surface area contributed by atoms with Crippen molar-refractivity contribution in [1.82, 2.24) is 4.90 Å². The van der Waals surface area contributed by atoms with Gasteiger partial charge < -0.3 is 19.5 Å². The molecule has 0 aliphatic heterocycles. The number of aliphatic hydroxyl groups is 1. The van der Waals surface area contributed by atoms with E-state index >= 15 is 0 Å². The number of hydrogen-bond donors (Lipinski definition) is 1. The molecule has 0 amide bonds. The van der Waals surface area contributed by atoms with Crippen LogP contribution in [-0.2, 0) is 9.47 Å². The highest BCUT2D eigenvalue weighted by Gasteiger charge is 2.39. The number of nitrogens with zero attached hydrogens (tertiary/aromatic N) is 1. The molecule has 2 rings (SSSR count). The highest BCUT2D eigenvalue weighted by Crippen LogP contribution is 2.48. The van der Waals surface area contributed by atoms with E-state index in [1.807, 2.05) is 6.92 Å². The standard InChI is InChI=1S/C16H31NO3/c1-12(10-19-3)20-11-16(18)9-17(2)8-15-7-13-4-5-14(15)6-13/h12-16,18H,4-11H2,1-3H3. The molecule has 2 saturated carbocycles. The third kappa shape index (κ3) is 4.69. The van der Waals surface area contributed by atoms with Crippen LogP contribution >= 0.6 is 0 Å². The van der Waals surface area contributed by atoms with Crippen molar-refractivity contribution >= 4 is 0 Å². The van der Waals surface area contributed by atoms with Gasteiger partial charge >= 0.3 is 0 Å². The maximum atomic E-state index is 10.0. The lowest BCUT2D eigenvalue weighted by atomic mass is 9.88. The molecule has 4 heteroatoms. The average Bonchev–Trinajstić information content (AvgIpc) is 2.98. The quantitative estimate of drug-likeness (QED) is 0.701. The van der Waals surface area contributed by atoms with E-state index in [0.29, 0.717) is 19.8 Å². The van der Waals surface area contributed by atoms with E-state index < -0.39 is 6.10 Å². The molecule has 2 aliphatic carbocycles. The van der Waals surface area contributed by atoms with Crippen molar-refractivity contribution in [2.75, 3.05) is 40.5 Å². The lowest BCUT2D eigenvalue weighted by Crippen LogP contribution is -2.37. The van der Waals surface area contributed by atoms with Gasteiger partial charge in [0.15, 0.2) is 0 Å². The van der Waals surface area contributed by atoms with Crippen molar-refractivity contribution in [3.8, 4) is 0 Å². The Hall–Kier alpha value is -0.160. The fourth-order valence-corrected chi connectivity index (χ4v) is 4.05. The van der Waals surface area contributed by atoms with Gasteiger partial charge in [-0.2, -0.15) is 0 Å². The van der Waals surface area contributed by atoms with Gasteiger partial charge in [0.1, 0.15) is 0 Å². The fourth-order valence-electron chi connectivity index (χ4n) is 4.05. The monoisotopic (exact) mass is 285 g/mol. The van der Waals surface area contributed by atoms with E-state index in [1.54, 1.807) is 7.11 Å². The smallest absolute Gasteiger partial charge is 0.0900 e. The number of hydrogen-bond acceptors (Lipinski definition) is 4. The van der Waals surface area contributed by atoms with Gasteiger partial charge in [0, 0.05) is 20.2 Å². The molecule has 5 unspecified atom stereocenters. The summed E-state index contributed by atoms with van der Waals surface area (Å²) in [5.41, 5.74) is 0. The maximum Gasteiger partial charge on any atom is 0.0900 e. The molecule has 0 radical (unpaired) electrons. The molecule has 2 bridgehead atoms. The molecule has 0 aromatic carbocycles. The van der Waals surface area contributed by atoms with Crippen molar-refractivity contribution in [3.05, 3.63) is 0 Å². The Morgan fingerprint density at radius 3 is 2.65 bits per heavy atom. The summed E-state index contributed by atoms with van der Waals surface area (Å²) in [6.07, 6.45) is 5.40. The maximum absolute atomic E-state index is 10.0. The lowest BCUT2D eigenvalue weighted by molar-refractivity contribution is -0.0391. The zero-order chi connectivity index (χ0) is 14.5. The molecule has 5 atom stereocenters. The molecular formula is C16H31NO3. The Kier molecular flexibility index (Phi) is 6.27. The van der Waals surface area contributed by atoms with Crippen LogP contribution < -0.4 is 0 Å². The van der Waals surface area contributed by atoms with E-state index in [1.165, 1.54) is 25.7 Å². The Balaban J connectivity index is 1.60. The van der Waals surface area contributed by atoms with Crippen LogP contribution in [0.1, 0.15) is 32.6 Å². The summed E-state index contributed by atoms with van der Waals surface area (Å²) in [6.45, 7) is 4.77. The summed E-state index contributed by atoms with van der Waals surface area (Å²) >= 11 is 0. The lowest BCUT2D eigenvalue weighted by Gasteiger charge is -2.28. The van der Waals surface area contributed by atoms with E-state index in [0.717, 1.165) is 24.3 Å². The van der Waals surface area contributed by atoms with E-state index in [2.05, 4.69) is 11.9 Å². The minimum Gasteiger partial charge on any atom is -0.389 e. The number of ether oxygens (including phenoxy) is 2. The molecule has 0 aromatic rings. The van der Waals surface area contributed by atoms with Crippen LogP contribution in [0.15, 0.2) is 0 Å². The van der Waals surface area contributed by atoms with Gasteiger partial charge in [0.05, 0.1) is 25.4 Å². The van der Waals surface area contributed by atoms with Gasteiger partial charge in [-0.25, -0.2) is 0 Å². The van der Waals surface area contributed by atoms with Gasteiger partial charge in [0.25, 0.3) is 0 Å². The second kappa shape index (κ2) is 7.74. The number of likely N-dealkylation sites (N-methyl/N-ethyl adjacent to an activating group) is 1. The largest absolute Gasteiger partial charge is 0.389 e. The van der Waals surface area contributed by atoms with Crippen LogP contribution in [0.3, 0.4) is 0 Å². The predicted molar refractivity (Wildman–Crippen MR) is 79.7 cm³/mol. The molecule has 4 nitrogen and oxygen atoms in total. The molecule has 0 heterocycles. The number of rotatable bonds is 9. The van der Waals surface area contributed by atoms with Gasteiger partial charge in [0.2, 0.25) is 0 Å². The van der Waals surface area contributed by atoms with Gasteiger partial charge in [-0.05, 0) is 51.0 Å². The normalized spacial score (nSPS) is 31.9. The summed E-state index contributed by atoms with van der Waals surface area (Å²) in [6, 6.07) is 0. The topological polar surface area (TPSA) is 41.9 Å². The van der Waals surface area contributed by atoms with E-state index in [9.17, 15) is 5.11 Å². The molecule has 0 spiro atoms. The SMILES string of the molecule is COCC(C)OCC(O)CN(C)CC1CC2CCC1C2. The first kappa shape index (κ1) is 16.2. The third-order valence-electron chi connectivity index (χ3n) is 4.93. The van der Waals surface area contributed by atoms with E-state index in [4.69, 9.17) is 9.47 Å². The summed E-state index contributed by atoms with van der Waals surface area (Å²) in [5, 5.41) is 10.0. The minimum atomic E-state index is -0.405. The fraction of sp³-hybridized carbons (Fsp3) is 1.00. The molecule has 20 heavy (non-hydrogen) atoms. The second-order valence-electron chi connectivity index (χ2n) is 6.91. The first-order chi connectivity index (χ1) is 9.58. The van der Waals surface area contributed by atoms with Crippen molar-refractivity contribution < 1.29 is 14.6 Å². The third-order valence-corrected chi connectivity index (χ3v) is 4.93. The molecule has 1 N–H and O–H groups in total. The van der Waals surface area contributed by atoms with Crippen molar-refractivity contribution in [3.63, 3.8) is 0 Å². The van der Waals surface area contributed by atoms with Gasteiger partial charge in [-0.15, -0.1) is 0 Å². The average molecular weight is 285 g/mol. The number of aliphatic hydroxyl groups excluding tert-OH is 1. The van der Waals surface area contributed by atoms with Crippen LogP contribution in [-0.4, -0.2) is 62.7 Å². The number of fused-ring (bicyclic) bond motifs is 2. The Morgan fingerprint density at radius 1 is 1.25 bits per heavy atom. The minimum absolute atomic E-state index is 0.0468. The van der Waals surface area contributed by atoms with Crippen molar-refractivity contribution in [1.29, 1.82) is 0 Å². The molecule has 0 saturated heterocycles. The van der Waals surface area contributed by atoms with Crippen LogP contribution in [0.5, 0.6) is 0 Å². The summed E-state index contributed by atoms with van der Waals surface area (Å²) < 4.78 is 10.6. The summed E-state index contributed by atoms with van der Waals surface area (Å²) in [5.74, 6) is 2.82. The Bertz CT molecular complexity index is 287. The van der Waals surface area contributed by atoms with E-state index in [-0.39, 0.29) is 6.10 Å². The van der Waals surface area contributed by atoms with Crippen LogP contribution in [0, 0.1) is 17.8 Å². The van der Waals surface area contributed by atoms with Crippen molar-refractivity contribution in [2.24, 2.45) is 17.8 Å². The zero-order valence-corrected chi connectivity index (χ0v) is 13.3.